The van der Waals surface area contributed by atoms with Crippen LogP contribution in [0.4, 0.5) is 0 Å². The molecule has 0 amide bonds. The highest BCUT2D eigenvalue weighted by molar-refractivity contribution is 6.43. The molecule has 2 rings (SSSR count). The maximum atomic E-state index is 11.7. The molecular weight excluding hydrogens is 327 g/mol. The molecule has 0 saturated carbocycles. The van der Waals surface area contributed by atoms with Crippen LogP contribution in [0.2, 0.25) is 10.0 Å². The molecule has 0 saturated heterocycles. The summed E-state index contributed by atoms with van der Waals surface area (Å²) >= 11 is 12.0. The second-order valence-corrected chi connectivity index (χ2v) is 5.13. The number of rotatable bonds is 4. The fraction of sp³-hybridized carbons (Fsp3) is 0. The molecule has 4 nitrogen and oxygen atoms in total. The highest BCUT2D eigenvalue weighted by Crippen LogP contribution is 2.34. The van der Waals surface area contributed by atoms with E-state index in [1.807, 2.05) is 0 Å². The van der Waals surface area contributed by atoms with E-state index in [9.17, 15) is 19.8 Å². The SMILES string of the molecule is O=C(O)C(=C(C(=O)O)c1ccccc1Cl)c1ccccc1Cl. The highest BCUT2D eigenvalue weighted by Gasteiger charge is 2.26. The van der Waals surface area contributed by atoms with Crippen LogP contribution in [0.1, 0.15) is 11.1 Å². The molecule has 2 aromatic carbocycles. The number of halogens is 2. The maximum Gasteiger partial charge on any atom is 0.337 e. The topological polar surface area (TPSA) is 74.6 Å². The average molecular weight is 337 g/mol. The molecule has 2 aromatic rings. The molecule has 0 spiro atoms. The van der Waals surface area contributed by atoms with Gasteiger partial charge >= 0.3 is 11.9 Å². The van der Waals surface area contributed by atoms with Gasteiger partial charge in [0.2, 0.25) is 0 Å². The molecule has 22 heavy (non-hydrogen) atoms. The summed E-state index contributed by atoms with van der Waals surface area (Å²) in [6.45, 7) is 0. The molecule has 112 valence electrons. The summed E-state index contributed by atoms with van der Waals surface area (Å²) in [5.74, 6) is -2.80. The van der Waals surface area contributed by atoms with Crippen LogP contribution >= 0.6 is 23.2 Å². The molecule has 0 atom stereocenters. The van der Waals surface area contributed by atoms with Crippen LogP contribution in [0.3, 0.4) is 0 Å². The number of benzene rings is 2. The van der Waals surface area contributed by atoms with Crippen molar-refractivity contribution in [3.63, 3.8) is 0 Å². The van der Waals surface area contributed by atoms with Gasteiger partial charge in [-0.15, -0.1) is 0 Å². The van der Waals surface area contributed by atoms with Gasteiger partial charge in [0.15, 0.2) is 0 Å². The Balaban J connectivity index is 2.87. The Bertz CT molecular complexity index is 716. The van der Waals surface area contributed by atoms with E-state index in [-0.39, 0.29) is 21.2 Å². The minimum atomic E-state index is -1.40. The number of carboxylic acids is 2. The summed E-state index contributed by atoms with van der Waals surface area (Å²) in [7, 11) is 0. The van der Waals surface area contributed by atoms with Crippen molar-refractivity contribution in [2.24, 2.45) is 0 Å². The Morgan fingerprint density at radius 2 is 1.00 bits per heavy atom. The third-order valence-electron chi connectivity index (χ3n) is 2.96. The lowest BCUT2D eigenvalue weighted by atomic mass is 9.94. The van der Waals surface area contributed by atoms with Gasteiger partial charge < -0.3 is 10.2 Å². The van der Waals surface area contributed by atoms with Crippen LogP contribution in [-0.2, 0) is 9.59 Å². The average Bonchev–Trinajstić information content (AvgIpc) is 2.46. The highest BCUT2D eigenvalue weighted by atomic mass is 35.5. The molecule has 0 heterocycles. The van der Waals surface area contributed by atoms with Gasteiger partial charge in [0.05, 0.1) is 11.1 Å². The first-order chi connectivity index (χ1) is 10.4. The third-order valence-corrected chi connectivity index (χ3v) is 3.62. The van der Waals surface area contributed by atoms with Gasteiger partial charge in [0.25, 0.3) is 0 Å². The van der Waals surface area contributed by atoms with Crippen molar-refractivity contribution in [1.29, 1.82) is 0 Å². The van der Waals surface area contributed by atoms with E-state index in [0.29, 0.717) is 0 Å². The fourth-order valence-electron chi connectivity index (χ4n) is 2.04. The number of carboxylic acid groups (broad SMARTS) is 2. The first kappa shape index (κ1) is 16.1. The summed E-state index contributed by atoms with van der Waals surface area (Å²) in [5, 5.41) is 19.3. The molecule has 0 fully saturated rings. The minimum Gasteiger partial charge on any atom is -0.478 e. The molecule has 0 unspecified atom stereocenters. The Kier molecular flexibility index (Phi) is 4.85. The lowest BCUT2D eigenvalue weighted by molar-refractivity contribution is -0.132. The van der Waals surface area contributed by atoms with Gasteiger partial charge in [0.1, 0.15) is 0 Å². The van der Waals surface area contributed by atoms with Crippen molar-refractivity contribution >= 4 is 46.3 Å². The predicted molar refractivity (Wildman–Crippen MR) is 85.0 cm³/mol. The zero-order valence-electron chi connectivity index (χ0n) is 11.1. The zero-order valence-corrected chi connectivity index (χ0v) is 12.6. The fourth-order valence-corrected chi connectivity index (χ4v) is 2.50. The number of hydrogen-bond donors (Lipinski definition) is 2. The van der Waals surface area contributed by atoms with E-state index >= 15 is 0 Å². The second-order valence-electron chi connectivity index (χ2n) is 4.32. The Labute approximate surface area is 136 Å². The Hall–Kier alpha value is -2.30. The maximum absolute atomic E-state index is 11.7. The van der Waals surface area contributed by atoms with Crippen LogP contribution < -0.4 is 0 Å². The van der Waals surface area contributed by atoms with Crippen LogP contribution in [0.25, 0.3) is 11.1 Å². The summed E-state index contributed by atoms with van der Waals surface area (Å²) in [6.07, 6.45) is 0. The van der Waals surface area contributed by atoms with Gasteiger partial charge in [-0.2, -0.15) is 0 Å². The quantitative estimate of drug-likeness (QED) is 0.651. The van der Waals surface area contributed by atoms with E-state index in [1.165, 1.54) is 24.3 Å². The zero-order chi connectivity index (χ0) is 16.3. The lowest BCUT2D eigenvalue weighted by Gasteiger charge is -2.12. The van der Waals surface area contributed by atoms with Gasteiger partial charge in [-0.1, -0.05) is 59.6 Å². The van der Waals surface area contributed by atoms with Crippen molar-refractivity contribution < 1.29 is 19.8 Å². The van der Waals surface area contributed by atoms with E-state index in [2.05, 4.69) is 0 Å². The van der Waals surface area contributed by atoms with E-state index < -0.39 is 23.1 Å². The molecular formula is C16H10Cl2O4. The molecule has 0 aromatic heterocycles. The van der Waals surface area contributed by atoms with E-state index in [1.54, 1.807) is 24.3 Å². The second kappa shape index (κ2) is 6.64. The number of carbonyl (C=O) groups is 2. The predicted octanol–water partition coefficient (Wildman–Crippen LogP) is 4.07. The van der Waals surface area contributed by atoms with Crippen molar-refractivity contribution in [2.45, 2.75) is 0 Å². The van der Waals surface area contributed by atoms with E-state index in [4.69, 9.17) is 23.2 Å². The van der Waals surface area contributed by atoms with Crippen molar-refractivity contribution in [2.75, 3.05) is 0 Å². The summed E-state index contributed by atoms with van der Waals surface area (Å²) in [5.41, 5.74) is -0.583. The van der Waals surface area contributed by atoms with Crippen molar-refractivity contribution in [1.82, 2.24) is 0 Å². The van der Waals surface area contributed by atoms with Gasteiger partial charge in [-0.25, -0.2) is 9.59 Å². The van der Waals surface area contributed by atoms with E-state index in [0.717, 1.165) is 0 Å². The summed E-state index contributed by atoms with van der Waals surface area (Å²) in [6, 6.07) is 12.3. The van der Waals surface area contributed by atoms with Crippen LogP contribution in [0.5, 0.6) is 0 Å². The minimum absolute atomic E-state index is 0.119. The molecule has 0 aliphatic rings. The molecule has 0 radical (unpaired) electrons. The van der Waals surface area contributed by atoms with Crippen LogP contribution in [0.15, 0.2) is 48.5 Å². The van der Waals surface area contributed by atoms with Gasteiger partial charge in [0, 0.05) is 21.2 Å². The standard InChI is InChI=1S/C16H10Cl2O4/c17-11-7-3-1-5-9(11)13(15(19)20)14(16(21)22)10-6-2-4-8-12(10)18/h1-8H,(H,19,20)(H,21,22). The van der Waals surface area contributed by atoms with Gasteiger partial charge in [-0.05, 0) is 12.1 Å². The number of hydrogen-bond acceptors (Lipinski definition) is 2. The molecule has 0 aliphatic carbocycles. The Morgan fingerprint density at radius 1 is 0.682 bits per heavy atom. The van der Waals surface area contributed by atoms with Gasteiger partial charge in [-0.3, -0.25) is 0 Å². The molecule has 0 bridgehead atoms. The monoisotopic (exact) mass is 336 g/mol. The number of aliphatic carboxylic acids is 2. The van der Waals surface area contributed by atoms with Crippen molar-refractivity contribution in [3.05, 3.63) is 69.7 Å². The third kappa shape index (κ3) is 3.13. The van der Waals surface area contributed by atoms with Crippen molar-refractivity contribution in [3.8, 4) is 0 Å². The normalized spacial score (nSPS) is 11.7. The summed E-state index contributed by atoms with van der Waals surface area (Å²) < 4.78 is 0. The van der Waals surface area contributed by atoms with Crippen LogP contribution in [0, 0.1) is 0 Å². The molecule has 0 aliphatic heterocycles. The smallest absolute Gasteiger partial charge is 0.337 e. The summed E-state index contributed by atoms with van der Waals surface area (Å²) in [4.78, 5) is 23.3. The molecule has 6 heteroatoms. The largest absolute Gasteiger partial charge is 0.478 e. The van der Waals surface area contributed by atoms with Crippen LogP contribution in [-0.4, -0.2) is 22.2 Å². The Morgan fingerprint density at radius 3 is 1.27 bits per heavy atom. The first-order valence-electron chi connectivity index (χ1n) is 6.14. The molecule has 2 N–H and O–H groups in total. The first-order valence-corrected chi connectivity index (χ1v) is 6.89. The lowest BCUT2D eigenvalue weighted by Crippen LogP contribution is -2.10.